The predicted molar refractivity (Wildman–Crippen MR) is 78.9 cm³/mol. The first kappa shape index (κ1) is 13.4. The maximum atomic E-state index is 5.20. The number of halogens is 1. The van der Waals surface area contributed by atoms with Crippen molar-refractivity contribution in [2.45, 2.75) is 20.3 Å². The van der Waals surface area contributed by atoms with Gasteiger partial charge in [-0.2, -0.15) is 0 Å². The van der Waals surface area contributed by atoms with Crippen LogP contribution in [0.4, 0.5) is 0 Å². The second kappa shape index (κ2) is 5.71. The SMILES string of the molecule is CC(C)Cc1cc(=S)nc(-c2ccc(Br)cn2)[nH]1. The van der Waals surface area contributed by atoms with Gasteiger partial charge in [-0.3, -0.25) is 4.98 Å². The third-order valence-electron chi connectivity index (χ3n) is 2.40. The molecule has 0 bridgehead atoms. The van der Waals surface area contributed by atoms with Crippen molar-refractivity contribution < 1.29 is 0 Å². The highest BCUT2D eigenvalue weighted by atomic mass is 79.9. The zero-order valence-electron chi connectivity index (χ0n) is 10.3. The molecule has 0 aliphatic carbocycles. The molecule has 0 saturated carbocycles. The molecule has 2 heterocycles. The van der Waals surface area contributed by atoms with Gasteiger partial charge in [0.05, 0.1) is 0 Å². The molecule has 0 atom stereocenters. The highest BCUT2D eigenvalue weighted by Crippen LogP contribution is 2.16. The van der Waals surface area contributed by atoms with Crippen molar-refractivity contribution in [2.24, 2.45) is 5.92 Å². The molecule has 2 aromatic rings. The van der Waals surface area contributed by atoms with E-state index in [1.807, 2.05) is 18.2 Å². The van der Waals surface area contributed by atoms with Gasteiger partial charge >= 0.3 is 0 Å². The van der Waals surface area contributed by atoms with Crippen molar-refractivity contribution in [1.29, 1.82) is 0 Å². The minimum Gasteiger partial charge on any atom is -0.342 e. The Kier molecular flexibility index (Phi) is 4.24. The summed E-state index contributed by atoms with van der Waals surface area (Å²) in [6, 6.07) is 5.77. The molecule has 5 heteroatoms. The normalized spacial score (nSPS) is 10.9. The van der Waals surface area contributed by atoms with Crippen LogP contribution in [0.2, 0.25) is 0 Å². The fourth-order valence-corrected chi connectivity index (χ4v) is 2.16. The number of nitrogens with zero attached hydrogens (tertiary/aromatic N) is 2. The monoisotopic (exact) mass is 323 g/mol. The molecular formula is C13H14BrN3S. The largest absolute Gasteiger partial charge is 0.342 e. The van der Waals surface area contributed by atoms with Crippen molar-refractivity contribution in [2.75, 3.05) is 0 Å². The van der Waals surface area contributed by atoms with E-state index < -0.39 is 0 Å². The summed E-state index contributed by atoms with van der Waals surface area (Å²) >= 11 is 8.56. The Balaban J connectivity index is 2.41. The lowest BCUT2D eigenvalue weighted by atomic mass is 10.1. The summed E-state index contributed by atoms with van der Waals surface area (Å²) in [4.78, 5) is 11.9. The van der Waals surface area contributed by atoms with Crippen LogP contribution in [-0.4, -0.2) is 15.0 Å². The highest BCUT2D eigenvalue weighted by Gasteiger charge is 2.05. The first-order chi connectivity index (χ1) is 8.54. The topological polar surface area (TPSA) is 41.6 Å². The Labute approximate surface area is 120 Å². The summed E-state index contributed by atoms with van der Waals surface area (Å²) in [6.45, 7) is 4.35. The molecule has 3 nitrogen and oxygen atoms in total. The average Bonchev–Trinajstić information content (AvgIpc) is 2.28. The van der Waals surface area contributed by atoms with Crippen LogP contribution in [0, 0.1) is 10.6 Å². The standard InChI is InChI=1S/C13H14BrN3S/c1-8(2)5-10-6-12(18)17-13(16-10)11-4-3-9(14)7-15-11/h3-4,6-8H,5H2,1-2H3,(H,16,17,18). The van der Waals surface area contributed by atoms with Gasteiger partial charge in [0.15, 0.2) is 5.82 Å². The third-order valence-corrected chi connectivity index (χ3v) is 3.08. The van der Waals surface area contributed by atoms with Gasteiger partial charge in [0.25, 0.3) is 0 Å². The molecule has 18 heavy (non-hydrogen) atoms. The second-order valence-corrected chi connectivity index (χ2v) is 5.89. The molecule has 0 amide bonds. The summed E-state index contributed by atoms with van der Waals surface area (Å²) in [7, 11) is 0. The highest BCUT2D eigenvalue weighted by molar-refractivity contribution is 9.10. The molecule has 0 saturated heterocycles. The maximum Gasteiger partial charge on any atom is 0.157 e. The summed E-state index contributed by atoms with van der Waals surface area (Å²) in [5.41, 5.74) is 1.90. The first-order valence-electron chi connectivity index (χ1n) is 5.77. The Bertz CT molecular complexity index is 590. The number of aromatic nitrogens is 3. The molecule has 2 rings (SSSR count). The Hall–Kier alpha value is -1.07. The number of hydrogen-bond donors (Lipinski definition) is 1. The molecule has 1 N–H and O–H groups in total. The first-order valence-corrected chi connectivity index (χ1v) is 6.97. The predicted octanol–water partition coefficient (Wildman–Crippen LogP) is 4.16. The van der Waals surface area contributed by atoms with Gasteiger partial charge in [-0.1, -0.05) is 26.1 Å². The second-order valence-electron chi connectivity index (χ2n) is 4.55. The summed E-state index contributed by atoms with van der Waals surface area (Å²) in [5, 5.41) is 0. The molecule has 0 aliphatic rings. The van der Waals surface area contributed by atoms with Crippen molar-refractivity contribution in [1.82, 2.24) is 15.0 Å². The van der Waals surface area contributed by atoms with Crippen LogP contribution in [0.5, 0.6) is 0 Å². The van der Waals surface area contributed by atoms with Crippen molar-refractivity contribution >= 4 is 28.1 Å². The van der Waals surface area contributed by atoms with Gasteiger partial charge < -0.3 is 4.98 Å². The molecular weight excluding hydrogens is 310 g/mol. The maximum absolute atomic E-state index is 5.20. The van der Waals surface area contributed by atoms with Crippen molar-refractivity contribution in [3.63, 3.8) is 0 Å². The van der Waals surface area contributed by atoms with Crippen LogP contribution in [0.25, 0.3) is 11.5 Å². The minimum atomic E-state index is 0.573. The van der Waals surface area contributed by atoms with E-state index in [0.29, 0.717) is 10.6 Å². The van der Waals surface area contributed by atoms with E-state index in [1.165, 1.54) is 0 Å². The number of nitrogens with one attached hydrogen (secondary N) is 1. The number of pyridine rings is 1. The zero-order valence-corrected chi connectivity index (χ0v) is 12.7. The van der Waals surface area contributed by atoms with Crippen LogP contribution in [0.1, 0.15) is 19.5 Å². The van der Waals surface area contributed by atoms with Gasteiger partial charge in [0.2, 0.25) is 0 Å². The Morgan fingerprint density at radius 1 is 1.39 bits per heavy atom. The van der Waals surface area contributed by atoms with E-state index in [-0.39, 0.29) is 0 Å². The quantitative estimate of drug-likeness (QED) is 0.862. The average molecular weight is 324 g/mol. The van der Waals surface area contributed by atoms with Crippen molar-refractivity contribution in [3.8, 4) is 11.5 Å². The van der Waals surface area contributed by atoms with Crippen LogP contribution in [0.3, 0.4) is 0 Å². The number of aromatic amines is 1. The van der Waals surface area contributed by atoms with Gasteiger partial charge in [-0.25, -0.2) is 4.98 Å². The molecule has 0 radical (unpaired) electrons. The van der Waals surface area contributed by atoms with E-state index in [2.05, 4.69) is 44.7 Å². The minimum absolute atomic E-state index is 0.573. The molecule has 0 unspecified atom stereocenters. The fourth-order valence-electron chi connectivity index (χ4n) is 1.69. The zero-order chi connectivity index (χ0) is 13.1. The van der Waals surface area contributed by atoms with Crippen LogP contribution < -0.4 is 0 Å². The van der Waals surface area contributed by atoms with Gasteiger partial charge in [0.1, 0.15) is 10.3 Å². The van der Waals surface area contributed by atoms with Gasteiger partial charge in [0, 0.05) is 16.4 Å². The molecule has 0 fully saturated rings. The molecule has 94 valence electrons. The lowest BCUT2D eigenvalue weighted by Gasteiger charge is -2.07. The lowest BCUT2D eigenvalue weighted by Crippen LogP contribution is -2.01. The van der Waals surface area contributed by atoms with E-state index in [0.717, 1.165) is 28.1 Å². The van der Waals surface area contributed by atoms with E-state index in [9.17, 15) is 0 Å². The Morgan fingerprint density at radius 2 is 2.17 bits per heavy atom. The van der Waals surface area contributed by atoms with Gasteiger partial charge in [-0.15, -0.1) is 0 Å². The van der Waals surface area contributed by atoms with E-state index in [1.54, 1.807) is 6.20 Å². The van der Waals surface area contributed by atoms with E-state index in [4.69, 9.17) is 12.2 Å². The number of rotatable bonds is 3. The fraction of sp³-hybridized carbons (Fsp3) is 0.308. The van der Waals surface area contributed by atoms with Crippen LogP contribution >= 0.6 is 28.1 Å². The molecule has 0 aromatic carbocycles. The van der Waals surface area contributed by atoms with Crippen LogP contribution in [-0.2, 0) is 6.42 Å². The summed E-state index contributed by atoms with van der Waals surface area (Å²) in [5.74, 6) is 1.30. The van der Waals surface area contributed by atoms with Crippen molar-refractivity contribution in [3.05, 3.63) is 39.2 Å². The summed E-state index contributed by atoms with van der Waals surface area (Å²) < 4.78 is 1.55. The summed E-state index contributed by atoms with van der Waals surface area (Å²) in [6.07, 6.45) is 2.71. The smallest absolute Gasteiger partial charge is 0.157 e. The van der Waals surface area contributed by atoms with E-state index >= 15 is 0 Å². The lowest BCUT2D eigenvalue weighted by molar-refractivity contribution is 0.634. The van der Waals surface area contributed by atoms with Crippen LogP contribution in [0.15, 0.2) is 28.9 Å². The number of hydrogen-bond acceptors (Lipinski definition) is 3. The number of H-pyrrole nitrogens is 1. The molecule has 0 aliphatic heterocycles. The Morgan fingerprint density at radius 3 is 2.78 bits per heavy atom. The molecule has 0 spiro atoms. The third kappa shape index (κ3) is 3.46. The van der Waals surface area contributed by atoms with Gasteiger partial charge in [-0.05, 0) is 46.5 Å². The molecule has 2 aromatic heterocycles.